The summed E-state index contributed by atoms with van der Waals surface area (Å²) in [6, 6.07) is 6.57. The van der Waals surface area contributed by atoms with Crippen LogP contribution in [0.1, 0.15) is 27.3 Å². The van der Waals surface area contributed by atoms with E-state index in [-0.39, 0.29) is 12.2 Å². The topological polar surface area (TPSA) is 90.1 Å². The molecular formula is C19H17F3N4O2. The first kappa shape index (κ1) is 19.4. The molecule has 1 aromatic heterocycles. The van der Waals surface area contributed by atoms with Gasteiger partial charge in [0.25, 0.3) is 0 Å². The summed E-state index contributed by atoms with van der Waals surface area (Å²) in [6.07, 6.45) is -3.82. The molecule has 1 heterocycles. The number of methoxy groups -OCH3 is 1. The Hall–Kier alpha value is -3.36. The minimum absolute atomic E-state index is 0.0210. The van der Waals surface area contributed by atoms with Crippen LogP contribution < -0.4 is 15.8 Å². The molecule has 0 aliphatic carbocycles. The van der Waals surface area contributed by atoms with Gasteiger partial charge in [0.2, 0.25) is 0 Å². The Morgan fingerprint density at radius 2 is 1.93 bits per heavy atom. The summed E-state index contributed by atoms with van der Waals surface area (Å²) in [5.41, 5.74) is 6.02. The molecule has 146 valence electrons. The van der Waals surface area contributed by atoms with Crippen molar-refractivity contribution in [1.82, 2.24) is 9.97 Å². The monoisotopic (exact) mass is 390 g/mol. The third-order valence-electron chi connectivity index (χ3n) is 4.09. The summed E-state index contributed by atoms with van der Waals surface area (Å²) < 4.78 is 44.2. The van der Waals surface area contributed by atoms with Gasteiger partial charge < -0.3 is 15.8 Å². The minimum atomic E-state index is -4.49. The second-order valence-electron chi connectivity index (χ2n) is 6.16. The van der Waals surface area contributed by atoms with E-state index in [0.717, 1.165) is 12.1 Å². The average Bonchev–Trinajstić information content (AvgIpc) is 2.63. The number of carbonyl (C=O) groups excluding carboxylic acids is 1. The highest BCUT2D eigenvalue weighted by Crippen LogP contribution is 2.32. The lowest BCUT2D eigenvalue weighted by molar-refractivity contribution is -0.137. The Kier molecular flexibility index (Phi) is 5.08. The maximum absolute atomic E-state index is 13.0. The van der Waals surface area contributed by atoms with Crippen molar-refractivity contribution >= 4 is 28.7 Å². The fraction of sp³-hybridized carbons (Fsp3) is 0.211. The smallest absolute Gasteiger partial charge is 0.416 e. The Balaban J connectivity index is 1.99. The van der Waals surface area contributed by atoms with Crippen molar-refractivity contribution in [2.24, 2.45) is 0 Å². The second-order valence-corrected chi connectivity index (χ2v) is 6.16. The maximum Gasteiger partial charge on any atom is 0.416 e. The Labute approximate surface area is 158 Å². The SMILES string of the molecule is COc1cc2c(NCc3cc(N)cc(C(F)(F)F)c3)nc(C)nc2cc1C=O. The maximum atomic E-state index is 13.0. The lowest BCUT2D eigenvalue weighted by Gasteiger charge is -2.14. The van der Waals surface area contributed by atoms with Crippen LogP contribution in [-0.2, 0) is 12.7 Å². The quantitative estimate of drug-likeness (QED) is 0.506. The number of aromatic nitrogens is 2. The van der Waals surface area contributed by atoms with Gasteiger partial charge in [0.1, 0.15) is 17.4 Å². The highest BCUT2D eigenvalue weighted by Gasteiger charge is 2.31. The number of nitrogens with one attached hydrogen (secondary N) is 1. The van der Waals surface area contributed by atoms with Crippen molar-refractivity contribution in [3.05, 3.63) is 52.8 Å². The van der Waals surface area contributed by atoms with Crippen LogP contribution in [0.15, 0.2) is 30.3 Å². The molecule has 0 aliphatic rings. The molecule has 0 saturated carbocycles. The zero-order valence-electron chi connectivity index (χ0n) is 15.1. The number of aryl methyl sites for hydroxylation is 1. The fourth-order valence-corrected chi connectivity index (χ4v) is 2.86. The Morgan fingerprint density at radius 1 is 1.18 bits per heavy atom. The van der Waals surface area contributed by atoms with Crippen molar-refractivity contribution in [2.75, 3.05) is 18.2 Å². The number of halogens is 3. The van der Waals surface area contributed by atoms with E-state index < -0.39 is 11.7 Å². The number of benzene rings is 2. The third-order valence-corrected chi connectivity index (χ3v) is 4.09. The largest absolute Gasteiger partial charge is 0.496 e. The first-order chi connectivity index (χ1) is 13.2. The average molecular weight is 390 g/mol. The molecule has 0 fully saturated rings. The van der Waals surface area contributed by atoms with Gasteiger partial charge in [0, 0.05) is 17.6 Å². The van der Waals surface area contributed by atoms with Gasteiger partial charge in [-0.25, -0.2) is 9.97 Å². The molecule has 0 atom stereocenters. The number of hydrogen-bond donors (Lipinski definition) is 2. The molecule has 3 N–H and O–H groups in total. The zero-order valence-corrected chi connectivity index (χ0v) is 15.1. The van der Waals surface area contributed by atoms with Crippen molar-refractivity contribution in [3.8, 4) is 5.75 Å². The van der Waals surface area contributed by atoms with E-state index in [1.54, 1.807) is 19.1 Å². The predicted octanol–water partition coefficient (Wildman–Crippen LogP) is 3.97. The van der Waals surface area contributed by atoms with Gasteiger partial charge in [0.15, 0.2) is 6.29 Å². The molecule has 0 saturated heterocycles. The second kappa shape index (κ2) is 7.34. The number of fused-ring (bicyclic) bond motifs is 1. The number of carbonyl (C=O) groups is 1. The number of nitrogens with two attached hydrogens (primary N) is 1. The molecule has 2 aromatic carbocycles. The van der Waals surface area contributed by atoms with Crippen LogP contribution in [0.3, 0.4) is 0 Å². The lowest BCUT2D eigenvalue weighted by atomic mass is 10.1. The molecule has 3 rings (SSSR count). The van der Waals surface area contributed by atoms with Crippen LogP contribution in [0.2, 0.25) is 0 Å². The normalized spacial score (nSPS) is 11.5. The van der Waals surface area contributed by atoms with E-state index in [9.17, 15) is 18.0 Å². The van der Waals surface area contributed by atoms with Crippen molar-refractivity contribution in [3.63, 3.8) is 0 Å². The highest BCUT2D eigenvalue weighted by molar-refractivity contribution is 5.95. The van der Waals surface area contributed by atoms with E-state index in [1.165, 1.54) is 13.2 Å². The molecule has 0 bridgehead atoms. The summed E-state index contributed by atoms with van der Waals surface area (Å²) in [5, 5.41) is 3.60. The summed E-state index contributed by atoms with van der Waals surface area (Å²) >= 11 is 0. The predicted molar refractivity (Wildman–Crippen MR) is 99.4 cm³/mol. The minimum Gasteiger partial charge on any atom is -0.496 e. The van der Waals surface area contributed by atoms with Crippen LogP contribution in [0.25, 0.3) is 10.9 Å². The molecule has 0 spiro atoms. The number of nitrogen functional groups attached to an aromatic ring is 1. The van der Waals surface area contributed by atoms with Gasteiger partial charge in [-0.2, -0.15) is 13.2 Å². The van der Waals surface area contributed by atoms with E-state index >= 15 is 0 Å². The first-order valence-corrected chi connectivity index (χ1v) is 8.23. The van der Waals surface area contributed by atoms with E-state index in [0.29, 0.717) is 45.7 Å². The number of alkyl halides is 3. The van der Waals surface area contributed by atoms with Crippen LogP contribution in [0.5, 0.6) is 5.75 Å². The summed E-state index contributed by atoms with van der Waals surface area (Å²) in [4.78, 5) is 19.8. The van der Waals surface area contributed by atoms with Gasteiger partial charge in [-0.15, -0.1) is 0 Å². The Morgan fingerprint density at radius 3 is 2.57 bits per heavy atom. The molecule has 3 aromatic rings. The number of hydrogen-bond acceptors (Lipinski definition) is 6. The summed E-state index contributed by atoms with van der Waals surface area (Å²) in [6.45, 7) is 1.75. The number of ether oxygens (including phenoxy) is 1. The van der Waals surface area contributed by atoms with Gasteiger partial charge >= 0.3 is 6.18 Å². The number of nitrogens with zero attached hydrogens (tertiary/aromatic N) is 2. The van der Waals surface area contributed by atoms with Crippen LogP contribution >= 0.6 is 0 Å². The fourth-order valence-electron chi connectivity index (χ4n) is 2.86. The van der Waals surface area contributed by atoms with Crippen molar-refractivity contribution in [1.29, 1.82) is 0 Å². The van der Waals surface area contributed by atoms with Crippen LogP contribution in [0.4, 0.5) is 24.7 Å². The van der Waals surface area contributed by atoms with E-state index in [2.05, 4.69) is 15.3 Å². The summed E-state index contributed by atoms with van der Waals surface area (Å²) in [5.74, 6) is 1.20. The molecule has 0 unspecified atom stereocenters. The number of rotatable bonds is 5. The molecule has 0 radical (unpaired) electrons. The lowest BCUT2D eigenvalue weighted by Crippen LogP contribution is -2.09. The van der Waals surface area contributed by atoms with Crippen molar-refractivity contribution in [2.45, 2.75) is 19.6 Å². The third kappa shape index (κ3) is 3.98. The van der Waals surface area contributed by atoms with E-state index in [4.69, 9.17) is 10.5 Å². The molecule has 0 amide bonds. The molecule has 28 heavy (non-hydrogen) atoms. The Bertz CT molecular complexity index is 1050. The zero-order chi connectivity index (χ0) is 20.5. The molecule has 9 heteroatoms. The van der Waals surface area contributed by atoms with E-state index in [1.807, 2.05) is 0 Å². The first-order valence-electron chi connectivity index (χ1n) is 8.23. The number of anilines is 2. The summed E-state index contributed by atoms with van der Waals surface area (Å²) in [7, 11) is 1.43. The van der Waals surface area contributed by atoms with Crippen LogP contribution in [0, 0.1) is 6.92 Å². The van der Waals surface area contributed by atoms with Gasteiger partial charge in [-0.3, -0.25) is 4.79 Å². The van der Waals surface area contributed by atoms with Gasteiger partial charge in [-0.05, 0) is 42.8 Å². The van der Waals surface area contributed by atoms with Gasteiger partial charge in [0.05, 0.1) is 23.8 Å². The van der Waals surface area contributed by atoms with Crippen LogP contribution in [-0.4, -0.2) is 23.4 Å². The number of aldehydes is 1. The highest BCUT2D eigenvalue weighted by atomic mass is 19.4. The standard InChI is InChI=1S/C19H17F3N4O2/c1-10-25-16-5-12(9-27)17(28-2)7-15(16)18(26-10)24-8-11-3-13(19(20,21)22)6-14(23)4-11/h3-7,9H,8,23H2,1-2H3,(H,24,25,26). The molecular weight excluding hydrogens is 373 g/mol. The van der Waals surface area contributed by atoms with Crippen molar-refractivity contribution < 1.29 is 22.7 Å². The van der Waals surface area contributed by atoms with Gasteiger partial charge in [-0.1, -0.05) is 0 Å². The molecule has 6 nitrogen and oxygen atoms in total. The molecule has 0 aliphatic heterocycles.